The molecule has 0 amide bonds. The summed E-state index contributed by atoms with van der Waals surface area (Å²) >= 11 is 0. The second kappa shape index (κ2) is 7.96. The zero-order valence-corrected chi connectivity index (χ0v) is 17.3. The maximum atomic E-state index is 13.1. The van der Waals surface area contributed by atoms with Gasteiger partial charge in [-0.05, 0) is 64.3 Å². The van der Waals surface area contributed by atoms with E-state index < -0.39 is 46.3 Å². The monoisotopic (exact) mass is 442 g/mol. The Hall–Kier alpha value is -1.36. The normalized spacial score (nSPS) is 27.2. The number of hydrogen-bond acceptors (Lipinski definition) is 4. The number of rotatable bonds is 5. The number of nitrogens with one attached hydrogen (secondary N) is 1. The number of aliphatic hydroxyl groups is 1. The van der Waals surface area contributed by atoms with Gasteiger partial charge in [0.2, 0.25) is 0 Å². The van der Waals surface area contributed by atoms with Crippen molar-refractivity contribution < 1.29 is 36.2 Å². The van der Waals surface area contributed by atoms with Gasteiger partial charge in [0.25, 0.3) is 0 Å². The molecule has 0 aliphatic carbocycles. The van der Waals surface area contributed by atoms with Crippen molar-refractivity contribution in [1.29, 1.82) is 0 Å². The van der Waals surface area contributed by atoms with E-state index in [4.69, 9.17) is 10.5 Å². The van der Waals surface area contributed by atoms with E-state index in [0.717, 1.165) is 0 Å². The standard InChI is InChI=1S/C20H28F6N2O2/c1-12(13-7-14(19(21,22)23)9-15(8-13)20(24,25)26)30-11-17(4)5-6-18(27,10-28-17)16(2,3)29/h7-9,12,28-29H,5-6,10-11,27H2,1-4H3. The highest BCUT2D eigenvalue weighted by molar-refractivity contribution is 5.34. The molecule has 4 N–H and O–H groups in total. The number of ether oxygens (including phenoxy) is 1. The van der Waals surface area contributed by atoms with Gasteiger partial charge in [-0.3, -0.25) is 0 Å². The summed E-state index contributed by atoms with van der Waals surface area (Å²) in [6.07, 6.45) is -9.83. The first-order valence-corrected chi connectivity index (χ1v) is 9.54. The van der Waals surface area contributed by atoms with Crippen molar-refractivity contribution in [1.82, 2.24) is 5.32 Å². The molecule has 3 atom stereocenters. The topological polar surface area (TPSA) is 67.5 Å². The lowest BCUT2D eigenvalue weighted by Gasteiger charge is -2.49. The van der Waals surface area contributed by atoms with Crippen LogP contribution in [0.3, 0.4) is 0 Å². The Kier molecular flexibility index (Phi) is 6.61. The second-order valence-electron chi connectivity index (χ2n) is 8.92. The van der Waals surface area contributed by atoms with Gasteiger partial charge in [0.05, 0.1) is 35.0 Å². The maximum Gasteiger partial charge on any atom is 0.416 e. The number of alkyl halides is 6. The molecule has 1 aliphatic heterocycles. The van der Waals surface area contributed by atoms with Crippen LogP contribution in [0, 0.1) is 0 Å². The van der Waals surface area contributed by atoms with E-state index in [1.807, 2.05) is 6.92 Å². The predicted molar refractivity (Wildman–Crippen MR) is 99.7 cm³/mol. The van der Waals surface area contributed by atoms with E-state index in [-0.39, 0.29) is 24.8 Å². The molecule has 10 heteroatoms. The Balaban J connectivity index is 2.14. The number of nitrogens with two attached hydrogens (primary N) is 1. The van der Waals surface area contributed by atoms with Crippen LogP contribution in [0.15, 0.2) is 18.2 Å². The SMILES string of the molecule is CC(OCC1(C)CCC(N)(C(C)(C)O)CN1)c1cc(C(F)(F)F)cc(C(F)(F)F)c1. The van der Waals surface area contributed by atoms with Crippen LogP contribution in [-0.2, 0) is 17.1 Å². The molecule has 0 radical (unpaired) electrons. The summed E-state index contributed by atoms with van der Waals surface area (Å²) in [4.78, 5) is 0. The quantitative estimate of drug-likeness (QED) is 0.591. The molecule has 3 unspecified atom stereocenters. The van der Waals surface area contributed by atoms with E-state index in [0.29, 0.717) is 25.0 Å². The molecular weight excluding hydrogens is 414 g/mol. The highest BCUT2D eigenvalue weighted by atomic mass is 19.4. The van der Waals surface area contributed by atoms with Crippen molar-refractivity contribution in [3.63, 3.8) is 0 Å². The third-order valence-electron chi connectivity index (χ3n) is 5.90. The zero-order valence-electron chi connectivity index (χ0n) is 17.3. The smallest absolute Gasteiger partial charge is 0.389 e. The van der Waals surface area contributed by atoms with Gasteiger partial charge >= 0.3 is 12.4 Å². The van der Waals surface area contributed by atoms with E-state index >= 15 is 0 Å². The summed E-state index contributed by atoms with van der Waals surface area (Å²) in [6, 6.07) is 1.45. The molecule has 0 bridgehead atoms. The van der Waals surface area contributed by atoms with Crippen molar-refractivity contribution >= 4 is 0 Å². The largest absolute Gasteiger partial charge is 0.416 e. The first-order valence-electron chi connectivity index (χ1n) is 9.54. The fraction of sp³-hybridized carbons (Fsp3) is 0.700. The summed E-state index contributed by atoms with van der Waals surface area (Å²) in [5.41, 5.74) is 0.730. The van der Waals surface area contributed by atoms with Crippen LogP contribution < -0.4 is 11.1 Å². The minimum absolute atomic E-state index is 0.0493. The van der Waals surface area contributed by atoms with E-state index in [1.54, 1.807) is 13.8 Å². The molecule has 2 rings (SSSR count). The molecule has 0 spiro atoms. The van der Waals surface area contributed by atoms with Gasteiger partial charge in [-0.25, -0.2) is 0 Å². The van der Waals surface area contributed by atoms with Crippen LogP contribution >= 0.6 is 0 Å². The van der Waals surface area contributed by atoms with Crippen molar-refractivity contribution in [2.24, 2.45) is 5.73 Å². The molecule has 30 heavy (non-hydrogen) atoms. The fourth-order valence-corrected chi connectivity index (χ4v) is 3.31. The average molecular weight is 442 g/mol. The van der Waals surface area contributed by atoms with Crippen LogP contribution in [0.1, 0.15) is 63.3 Å². The van der Waals surface area contributed by atoms with Crippen LogP contribution in [-0.4, -0.2) is 34.9 Å². The van der Waals surface area contributed by atoms with Gasteiger partial charge in [-0.1, -0.05) is 0 Å². The second-order valence-corrected chi connectivity index (χ2v) is 8.92. The van der Waals surface area contributed by atoms with E-state index in [2.05, 4.69) is 5.32 Å². The van der Waals surface area contributed by atoms with Crippen LogP contribution in [0.5, 0.6) is 0 Å². The lowest BCUT2D eigenvalue weighted by atomic mass is 9.73. The number of benzene rings is 1. The molecule has 1 heterocycles. The lowest BCUT2D eigenvalue weighted by molar-refractivity contribution is -0.143. The van der Waals surface area contributed by atoms with E-state index in [1.165, 1.54) is 6.92 Å². The van der Waals surface area contributed by atoms with Gasteiger partial charge in [-0.2, -0.15) is 26.3 Å². The van der Waals surface area contributed by atoms with Crippen LogP contribution in [0.4, 0.5) is 26.3 Å². The molecule has 1 fully saturated rings. The van der Waals surface area contributed by atoms with Gasteiger partial charge in [0, 0.05) is 12.1 Å². The molecule has 1 aliphatic rings. The summed E-state index contributed by atoms with van der Waals surface area (Å²) in [7, 11) is 0. The van der Waals surface area contributed by atoms with Crippen LogP contribution in [0.2, 0.25) is 0 Å². The Bertz CT molecular complexity index is 715. The third-order valence-corrected chi connectivity index (χ3v) is 5.90. The first kappa shape index (κ1) is 24.9. The summed E-state index contributed by atoms with van der Waals surface area (Å²) < 4.78 is 84.0. The Morgan fingerprint density at radius 2 is 1.57 bits per heavy atom. The van der Waals surface area contributed by atoms with Crippen molar-refractivity contribution in [3.05, 3.63) is 34.9 Å². The molecular formula is C20H28F6N2O2. The highest BCUT2D eigenvalue weighted by Crippen LogP contribution is 2.38. The van der Waals surface area contributed by atoms with Gasteiger partial charge in [-0.15, -0.1) is 0 Å². The molecule has 0 aromatic heterocycles. The molecule has 1 saturated heterocycles. The molecule has 1 aromatic carbocycles. The minimum atomic E-state index is -4.91. The van der Waals surface area contributed by atoms with Gasteiger partial charge < -0.3 is 20.9 Å². The zero-order chi connectivity index (χ0) is 23.2. The van der Waals surface area contributed by atoms with Gasteiger partial charge in [0.15, 0.2) is 0 Å². The summed E-state index contributed by atoms with van der Waals surface area (Å²) in [5.74, 6) is 0. The van der Waals surface area contributed by atoms with Gasteiger partial charge in [0.1, 0.15) is 0 Å². The first-order chi connectivity index (χ1) is 13.4. The Morgan fingerprint density at radius 3 is 1.93 bits per heavy atom. The Labute approximate surface area is 171 Å². The number of halogens is 6. The Morgan fingerprint density at radius 1 is 1.07 bits per heavy atom. The van der Waals surface area contributed by atoms with Crippen molar-refractivity contribution in [2.75, 3.05) is 13.2 Å². The maximum absolute atomic E-state index is 13.1. The van der Waals surface area contributed by atoms with E-state index in [9.17, 15) is 31.4 Å². The predicted octanol–water partition coefficient (Wildman–Crippen LogP) is 4.41. The number of hydrogen-bond donors (Lipinski definition) is 3. The molecule has 1 aromatic rings. The third kappa shape index (κ3) is 5.66. The van der Waals surface area contributed by atoms with Crippen molar-refractivity contribution in [2.45, 2.75) is 75.7 Å². The van der Waals surface area contributed by atoms with Crippen LogP contribution in [0.25, 0.3) is 0 Å². The molecule has 4 nitrogen and oxygen atoms in total. The fourth-order valence-electron chi connectivity index (χ4n) is 3.31. The summed E-state index contributed by atoms with van der Waals surface area (Å²) in [5, 5.41) is 13.4. The lowest BCUT2D eigenvalue weighted by Crippen LogP contribution is -2.69. The van der Waals surface area contributed by atoms with Crippen molar-refractivity contribution in [3.8, 4) is 0 Å². The molecule has 172 valence electrons. The number of piperidine rings is 1. The summed E-state index contributed by atoms with van der Waals surface area (Å²) in [6.45, 7) is 6.80. The highest BCUT2D eigenvalue weighted by Gasteiger charge is 2.46. The average Bonchev–Trinajstić information content (AvgIpc) is 2.60. The molecule has 0 saturated carbocycles. The minimum Gasteiger partial charge on any atom is -0.389 e.